The van der Waals surface area contributed by atoms with Crippen molar-refractivity contribution in [2.45, 2.75) is 19.2 Å². The number of anilines is 1. The molecule has 5 heteroatoms. The van der Waals surface area contributed by atoms with Crippen molar-refractivity contribution < 1.29 is 14.7 Å². The Labute approximate surface area is 110 Å². The number of nitrogens with zero attached hydrogens (tertiary/aromatic N) is 1. The third kappa shape index (κ3) is 2.90. The maximum Gasteiger partial charge on any atom is 0.337 e. The van der Waals surface area contributed by atoms with Crippen LogP contribution in [0.5, 0.6) is 0 Å². The third-order valence-corrected chi connectivity index (χ3v) is 2.69. The number of carbonyl (C=O) groups excluding carboxylic acids is 1. The van der Waals surface area contributed by atoms with Crippen LogP contribution >= 0.6 is 11.6 Å². The number of allylic oxidation sites excluding steroid dienone is 1. The molecule has 1 atom stereocenters. The standard InChI is InChI=1S/C13H14ClNO3/c1-8(14)9(2)15(10(3)16)12-7-5-4-6-11(12)13(17)18/h4-8H,2H2,1,3H3,(H,17,18). The summed E-state index contributed by atoms with van der Waals surface area (Å²) in [5.74, 6) is -1.44. The van der Waals surface area contributed by atoms with Crippen LogP contribution in [-0.4, -0.2) is 22.4 Å². The molecular formula is C13H14ClNO3. The Morgan fingerprint density at radius 2 is 1.94 bits per heavy atom. The lowest BCUT2D eigenvalue weighted by Gasteiger charge is -2.26. The first-order chi connectivity index (χ1) is 8.36. The fourth-order valence-corrected chi connectivity index (χ4v) is 1.65. The molecule has 0 aliphatic rings. The van der Waals surface area contributed by atoms with Gasteiger partial charge < -0.3 is 5.11 Å². The van der Waals surface area contributed by atoms with Gasteiger partial charge in [-0.3, -0.25) is 9.69 Å². The predicted molar refractivity (Wildman–Crippen MR) is 71.0 cm³/mol. The highest BCUT2D eigenvalue weighted by molar-refractivity contribution is 6.23. The Balaban J connectivity index is 3.35. The van der Waals surface area contributed by atoms with E-state index in [1.165, 1.54) is 17.9 Å². The number of carbonyl (C=O) groups is 2. The van der Waals surface area contributed by atoms with Gasteiger partial charge in [0, 0.05) is 12.6 Å². The first-order valence-corrected chi connectivity index (χ1v) is 5.75. The lowest BCUT2D eigenvalue weighted by Crippen LogP contribution is -2.31. The molecule has 0 aliphatic heterocycles. The summed E-state index contributed by atoms with van der Waals surface area (Å²) in [6.45, 7) is 6.74. The number of halogens is 1. The van der Waals surface area contributed by atoms with Gasteiger partial charge in [-0.05, 0) is 19.1 Å². The molecule has 1 aromatic carbocycles. The molecular weight excluding hydrogens is 254 g/mol. The topological polar surface area (TPSA) is 57.6 Å². The molecule has 0 aliphatic carbocycles. The van der Waals surface area contributed by atoms with E-state index in [-0.39, 0.29) is 17.2 Å². The van der Waals surface area contributed by atoms with Gasteiger partial charge in [-0.2, -0.15) is 0 Å². The average molecular weight is 268 g/mol. The number of carboxylic acids is 1. The zero-order chi connectivity index (χ0) is 13.9. The van der Waals surface area contributed by atoms with E-state index in [2.05, 4.69) is 6.58 Å². The molecule has 4 nitrogen and oxygen atoms in total. The lowest BCUT2D eigenvalue weighted by molar-refractivity contribution is -0.116. The van der Waals surface area contributed by atoms with Gasteiger partial charge in [-0.15, -0.1) is 11.6 Å². The van der Waals surface area contributed by atoms with Gasteiger partial charge in [0.1, 0.15) is 0 Å². The van der Waals surface area contributed by atoms with Crippen LogP contribution in [0.15, 0.2) is 36.5 Å². The zero-order valence-electron chi connectivity index (χ0n) is 10.2. The van der Waals surface area contributed by atoms with Crippen molar-refractivity contribution in [2.75, 3.05) is 4.90 Å². The molecule has 1 N–H and O–H groups in total. The highest BCUT2D eigenvalue weighted by atomic mass is 35.5. The van der Waals surface area contributed by atoms with Crippen LogP contribution in [-0.2, 0) is 4.79 Å². The largest absolute Gasteiger partial charge is 0.478 e. The molecule has 0 fully saturated rings. The van der Waals surface area contributed by atoms with Gasteiger partial charge >= 0.3 is 5.97 Å². The maximum atomic E-state index is 11.7. The Kier molecular flexibility index (Phi) is 4.50. The third-order valence-electron chi connectivity index (χ3n) is 2.44. The molecule has 0 bridgehead atoms. The fourth-order valence-electron chi connectivity index (χ4n) is 1.55. The van der Waals surface area contributed by atoms with Crippen molar-refractivity contribution in [3.05, 3.63) is 42.1 Å². The summed E-state index contributed by atoms with van der Waals surface area (Å²) < 4.78 is 0. The van der Waals surface area contributed by atoms with E-state index in [1.54, 1.807) is 25.1 Å². The van der Waals surface area contributed by atoms with E-state index in [0.717, 1.165) is 0 Å². The molecule has 0 radical (unpaired) electrons. The van der Waals surface area contributed by atoms with E-state index >= 15 is 0 Å². The molecule has 0 aromatic heterocycles. The van der Waals surface area contributed by atoms with Crippen molar-refractivity contribution in [3.8, 4) is 0 Å². The van der Waals surface area contributed by atoms with Gasteiger partial charge in [0.05, 0.1) is 16.6 Å². The number of alkyl halides is 1. The second-order valence-corrected chi connectivity index (χ2v) is 4.44. The van der Waals surface area contributed by atoms with E-state index in [9.17, 15) is 9.59 Å². The molecule has 1 aromatic rings. The minimum absolute atomic E-state index is 0.0335. The summed E-state index contributed by atoms with van der Waals surface area (Å²) in [7, 11) is 0. The SMILES string of the molecule is C=C(C(C)Cl)N(C(C)=O)c1ccccc1C(=O)O. The average Bonchev–Trinajstić information content (AvgIpc) is 2.28. The summed E-state index contributed by atoms with van der Waals surface area (Å²) >= 11 is 5.91. The zero-order valence-corrected chi connectivity index (χ0v) is 10.9. The van der Waals surface area contributed by atoms with Crippen LogP contribution in [0.3, 0.4) is 0 Å². The quantitative estimate of drug-likeness (QED) is 0.854. The molecule has 0 heterocycles. The van der Waals surface area contributed by atoms with Crippen LogP contribution in [0.2, 0.25) is 0 Å². The van der Waals surface area contributed by atoms with E-state index < -0.39 is 11.3 Å². The van der Waals surface area contributed by atoms with Crippen LogP contribution in [0.4, 0.5) is 5.69 Å². The molecule has 1 rings (SSSR count). The number of carboxylic acid groups (broad SMARTS) is 1. The second kappa shape index (κ2) is 5.69. The van der Waals surface area contributed by atoms with Gasteiger partial charge in [0.15, 0.2) is 0 Å². The van der Waals surface area contributed by atoms with Gasteiger partial charge in [-0.1, -0.05) is 18.7 Å². The monoisotopic (exact) mass is 267 g/mol. The van der Waals surface area contributed by atoms with E-state index in [0.29, 0.717) is 5.70 Å². The van der Waals surface area contributed by atoms with Crippen molar-refractivity contribution >= 4 is 29.2 Å². The molecule has 0 spiro atoms. The Morgan fingerprint density at radius 1 is 1.39 bits per heavy atom. The van der Waals surface area contributed by atoms with Crippen LogP contribution in [0.25, 0.3) is 0 Å². The molecule has 0 saturated heterocycles. The molecule has 1 amide bonds. The number of aromatic carboxylic acids is 1. The Morgan fingerprint density at radius 3 is 2.39 bits per heavy atom. The number of hydrogen-bond donors (Lipinski definition) is 1. The van der Waals surface area contributed by atoms with Crippen LogP contribution in [0.1, 0.15) is 24.2 Å². The summed E-state index contributed by atoms with van der Waals surface area (Å²) in [6.07, 6.45) is 0. The van der Waals surface area contributed by atoms with Crippen molar-refractivity contribution in [1.82, 2.24) is 0 Å². The maximum absolute atomic E-state index is 11.7. The number of benzene rings is 1. The van der Waals surface area contributed by atoms with Gasteiger partial charge in [-0.25, -0.2) is 4.79 Å². The predicted octanol–water partition coefficient (Wildman–Crippen LogP) is 2.88. The van der Waals surface area contributed by atoms with Gasteiger partial charge in [0.25, 0.3) is 0 Å². The molecule has 96 valence electrons. The summed E-state index contributed by atoms with van der Waals surface area (Å²) in [5, 5.41) is 8.64. The number of hydrogen-bond acceptors (Lipinski definition) is 2. The highest BCUT2D eigenvalue weighted by Gasteiger charge is 2.23. The van der Waals surface area contributed by atoms with Gasteiger partial charge in [0.2, 0.25) is 5.91 Å². The molecule has 18 heavy (non-hydrogen) atoms. The first kappa shape index (κ1) is 14.3. The minimum atomic E-state index is -1.10. The van der Waals surface area contributed by atoms with E-state index in [4.69, 9.17) is 16.7 Å². The van der Waals surface area contributed by atoms with Crippen molar-refractivity contribution in [2.24, 2.45) is 0 Å². The molecule has 1 unspecified atom stereocenters. The summed E-state index contributed by atoms with van der Waals surface area (Å²) in [6, 6.07) is 6.23. The number of rotatable bonds is 4. The Hall–Kier alpha value is -1.81. The normalized spacial score (nSPS) is 11.7. The lowest BCUT2D eigenvalue weighted by atomic mass is 10.1. The smallest absolute Gasteiger partial charge is 0.337 e. The molecule has 0 saturated carbocycles. The summed E-state index contributed by atoms with van der Waals surface area (Å²) in [5.41, 5.74) is 0.652. The second-order valence-electron chi connectivity index (χ2n) is 3.78. The number of para-hydroxylation sites is 1. The summed E-state index contributed by atoms with van der Waals surface area (Å²) in [4.78, 5) is 24.0. The van der Waals surface area contributed by atoms with Crippen LogP contribution < -0.4 is 4.90 Å². The minimum Gasteiger partial charge on any atom is -0.478 e. The Bertz CT molecular complexity index is 497. The first-order valence-electron chi connectivity index (χ1n) is 5.32. The van der Waals surface area contributed by atoms with E-state index in [1.807, 2.05) is 0 Å². The van der Waals surface area contributed by atoms with Crippen molar-refractivity contribution in [1.29, 1.82) is 0 Å². The van der Waals surface area contributed by atoms with Crippen molar-refractivity contribution in [3.63, 3.8) is 0 Å². The van der Waals surface area contributed by atoms with Crippen LogP contribution in [0, 0.1) is 0 Å². The number of amides is 1. The highest BCUT2D eigenvalue weighted by Crippen LogP contribution is 2.26. The fraction of sp³-hybridized carbons (Fsp3) is 0.231.